The molecule has 21 heavy (non-hydrogen) atoms. The molecule has 106 valence electrons. The van der Waals surface area contributed by atoms with Crippen molar-refractivity contribution in [1.82, 2.24) is 0 Å². The summed E-state index contributed by atoms with van der Waals surface area (Å²) >= 11 is 1.95. The fourth-order valence-electron chi connectivity index (χ4n) is 2.42. The number of rotatable bonds is 5. The van der Waals surface area contributed by atoms with Gasteiger partial charge in [-0.25, -0.2) is 0 Å². The Labute approximate surface area is 130 Å². The molecule has 2 heteroatoms. The maximum Gasteiger partial charge on any atom is 0.118 e. The predicted molar refractivity (Wildman–Crippen MR) is 91.9 cm³/mol. The highest BCUT2D eigenvalue weighted by Crippen LogP contribution is 2.25. The smallest absolute Gasteiger partial charge is 0.118 e. The van der Waals surface area contributed by atoms with Crippen molar-refractivity contribution < 1.29 is 4.74 Å². The first-order chi connectivity index (χ1) is 10.4. The van der Waals surface area contributed by atoms with E-state index in [0.29, 0.717) is 0 Å². The van der Waals surface area contributed by atoms with Crippen LogP contribution in [0, 0.1) is 0 Å². The van der Waals surface area contributed by atoms with Gasteiger partial charge in [-0.3, -0.25) is 0 Å². The van der Waals surface area contributed by atoms with E-state index in [0.717, 1.165) is 17.3 Å². The van der Waals surface area contributed by atoms with Gasteiger partial charge >= 0.3 is 0 Å². The second-order valence-corrected chi connectivity index (χ2v) is 5.96. The summed E-state index contributed by atoms with van der Waals surface area (Å²) in [5, 5.41) is 2.68. The van der Waals surface area contributed by atoms with Gasteiger partial charge in [-0.15, -0.1) is 0 Å². The Morgan fingerprint density at radius 1 is 0.810 bits per heavy atom. The molecule has 0 amide bonds. The lowest BCUT2D eigenvalue weighted by molar-refractivity contribution is 0.414. The SMILES string of the molecule is COc1ccc(CSCc2cccc3ccccc23)cc1. The molecule has 0 heterocycles. The maximum atomic E-state index is 5.18. The van der Waals surface area contributed by atoms with Crippen LogP contribution in [-0.4, -0.2) is 7.11 Å². The zero-order valence-electron chi connectivity index (χ0n) is 12.1. The molecule has 0 aromatic heterocycles. The van der Waals surface area contributed by atoms with Gasteiger partial charge in [-0.2, -0.15) is 11.8 Å². The summed E-state index contributed by atoms with van der Waals surface area (Å²) in [7, 11) is 1.70. The number of hydrogen-bond donors (Lipinski definition) is 0. The number of hydrogen-bond acceptors (Lipinski definition) is 2. The first-order valence-corrected chi connectivity index (χ1v) is 8.19. The maximum absolute atomic E-state index is 5.18. The summed E-state index contributed by atoms with van der Waals surface area (Å²) in [5.41, 5.74) is 2.74. The molecule has 0 bridgehead atoms. The number of ether oxygens (including phenoxy) is 1. The molecule has 0 spiro atoms. The van der Waals surface area contributed by atoms with Crippen molar-refractivity contribution in [1.29, 1.82) is 0 Å². The molecule has 0 N–H and O–H groups in total. The van der Waals surface area contributed by atoms with Crippen LogP contribution in [0.3, 0.4) is 0 Å². The van der Waals surface area contributed by atoms with E-state index in [1.807, 2.05) is 23.9 Å². The molecule has 0 aliphatic heterocycles. The molecular formula is C19H18OS. The highest BCUT2D eigenvalue weighted by molar-refractivity contribution is 7.97. The number of methoxy groups -OCH3 is 1. The third-order valence-corrected chi connectivity index (χ3v) is 4.62. The Bertz CT molecular complexity index is 714. The lowest BCUT2D eigenvalue weighted by atomic mass is 10.1. The lowest BCUT2D eigenvalue weighted by Crippen LogP contribution is -1.87. The van der Waals surface area contributed by atoms with Gasteiger partial charge < -0.3 is 4.74 Å². The zero-order valence-corrected chi connectivity index (χ0v) is 12.9. The van der Waals surface area contributed by atoms with Crippen LogP contribution in [0.15, 0.2) is 66.7 Å². The normalized spacial score (nSPS) is 10.7. The Balaban J connectivity index is 1.66. The van der Waals surface area contributed by atoms with Crippen LogP contribution >= 0.6 is 11.8 Å². The van der Waals surface area contributed by atoms with Crippen LogP contribution in [-0.2, 0) is 11.5 Å². The molecule has 0 fully saturated rings. The molecular weight excluding hydrogens is 276 g/mol. The van der Waals surface area contributed by atoms with Crippen molar-refractivity contribution in [2.45, 2.75) is 11.5 Å². The first-order valence-electron chi connectivity index (χ1n) is 7.04. The second-order valence-electron chi connectivity index (χ2n) is 4.98. The summed E-state index contributed by atoms with van der Waals surface area (Å²) < 4.78 is 5.18. The largest absolute Gasteiger partial charge is 0.497 e. The molecule has 1 nitrogen and oxygen atoms in total. The van der Waals surface area contributed by atoms with Crippen LogP contribution in [0.25, 0.3) is 10.8 Å². The quantitative estimate of drug-likeness (QED) is 0.633. The van der Waals surface area contributed by atoms with E-state index in [4.69, 9.17) is 4.74 Å². The van der Waals surface area contributed by atoms with Crippen molar-refractivity contribution in [2.24, 2.45) is 0 Å². The lowest BCUT2D eigenvalue weighted by Gasteiger charge is -2.07. The molecule has 0 radical (unpaired) electrons. The highest BCUT2D eigenvalue weighted by atomic mass is 32.2. The van der Waals surface area contributed by atoms with Gasteiger partial charge in [0.15, 0.2) is 0 Å². The van der Waals surface area contributed by atoms with Crippen LogP contribution < -0.4 is 4.74 Å². The van der Waals surface area contributed by atoms with Crippen molar-refractivity contribution in [3.05, 3.63) is 77.9 Å². The molecule has 0 atom stereocenters. The van der Waals surface area contributed by atoms with Gasteiger partial charge in [-0.05, 0) is 34.0 Å². The number of fused-ring (bicyclic) bond motifs is 1. The van der Waals surface area contributed by atoms with Gasteiger partial charge in [0.2, 0.25) is 0 Å². The third kappa shape index (κ3) is 3.40. The predicted octanol–water partition coefficient (Wildman–Crippen LogP) is 5.28. The van der Waals surface area contributed by atoms with Gasteiger partial charge in [0.05, 0.1) is 7.11 Å². The van der Waals surface area contributed by atoms with Crippen molar-refractivity contribution in [3.63, 3.8) is 0 Å². The van der Waals surface area contributed by atoms with Crippen LogP contribution in [0.1, 0.15) is 11.1 Å². The summed E-state index contributed by atoms with van der Waals surface area (Å²) in [6, 6.07) is 23.4. The monoisotopic (exact) mass is 294 g/mol. The third-order valence-electron chi connectivity index (χ3n) is 3.57. The van der Waals surface area contributed by atoms with E-state index in [1.54, 1.807) is 7.11 Å². The summed E-state index contributed by atoms with van der Waals surface area (Å²) in [6.07, 6.45) is 0. The first kappa shape index (κ1) is 14.0. The minimum absolute atomic E-state index is 0.915. The fraction of sp³-hybridized carbons (Fsp3) is 0.158. The molecule has 0 saturated heterocycles. The summed E-state index contributed by atoms with van der Waals surface area (Å²) in [4.78, 5) is 0. The summed E-state index contributed by atoms with van der Waals surface area (Å²) in [5.74, 6) is 2.97. The average Bonchev–Trinajstić information content (AvgIpc) is 2.56. The Morgan fingerprint density at radius 2 is 1.57 bits per heavy atom. The van der Waals surface area contributed by atoms with E-state index < -0.39 is 0 Å². The minimum atomic E-state index is 0.915. The number of benzene rings is 3. The topological polar surface area (TPSA) is 9.23 Å². The molecule has 0 aliphatic rings. The molecule has 0 saturated carbocycles. The highest BCUT2D eigenvalue weighted by Gasteiger charge is 2.01. The van der Waals surface area contributed by atoms with E-state index in [-0.39, 0.29) is 0 Å². The standard InChI is InChI=1S/C19H18OS/c1-20-18-11-9-15(10-12-18)13-21-14-17-7-4-6-16-5-2-3-8-19(16)17/h2-12H,13-14H2,1H3. The van der Waals surface area contributed by atoms with Crippen molar-refractivity contribution in [2.75, 3.05) is 7.11 Å². The molecule has 0 aliphatic carbocycles. The Kier molecular flexibility index (Phi) is 4.46. The van der Waals surface area contributed by atoms with E-state index in [9.17, 15) is 0 Å². The van der Waals surface area contributed by atoms with Crippen LogP contribution in [0.4, 0.5) is 0 Å². The number of thioether (sulfide) groups is 1. The average molecular weight is 294 g/mol. The van der Waals surface area contributed by atoms with Crippen molar-refractivity contribution >= 4 is 22.5 Å². The zero-order chi connectivity index (χ0) is 14.5. The van der Waals surface area contributed by atoms with Gasteiger partial charge in [0.25, 0.3) is 0 Å². The van der Waals surface area contributed by atoms with Crippen LogP contribution in [0.5, 0.6) is 5.75 Å². The summed E-state index contributed by atoms with van der Waals surface area (Å²) in [6.45, 7) is 0. The molecule has 3 rings (SSSR count). The Hall–Kier alpha value is -1.93. The Morgan fingerprint density at radius 3 is 2.38 bits per heavy atom. The fourth-order valence-corrected chi connectivity index (χ4v) is 3.42. The molecule has 0 unspecified atom stereocenters. The van der Waals surface area contributed by atoms with Crippen LogP contribution in [0.2, 0.25) is 0 Å². The molecule has 3 aromatic rings. The van der Waals surface area contributed by atoms with Gasteiger partial charge in [0.1, 0.15) is 5.75 Å². The van der Waals surface area contributed by atoms with Crippen molar-refractivity contribution in [3.8, 4) is 5.75 Å². The second kappa shape index (κ2) is 6.68. The van der Waals surface area contributed by atoms with E-state index in [1.165, 1.54) is 21.9 Å². The van der Waals surface area contributed by atoms with E-state index >= 15 is 0 Å². The van der Waals surface area contributed by atoms with Gasteiger partial charge in [-0.1, -0.05) is 54.6 Å². The van der Waals surface area contributed by atoms with Gasteiger partial charge in [0, 0.05) is 11.5 Å². The minimum Gasteiger partial charge on any atom is -0.497 e. The van der Waals surface area contributed by atoms with E-state index in [2.05, 4.69) is 54.6 Å². The molecule has 3 aromatic carbocycles.